The minimum absolute atomic E-state index is 0.00542. The SMILES string of the molecule is CCC(C)C1NC(=O)C(C)N(CC2(SC)CCCC2)C1=O. The fourth-order valence-electron chi connectivity index (χ4n) is 3.44. The molecule has 2 fully saturated rings. The number of rotatable bonds is 5. The van der Waals surface area contributed by atoms with Crippen LogP contribution in [-0.2, 0) is 9.59 Å². The zero-order valence-corrected chi connectivity index (χ0v) is 14.5. The van der Waals surface area contributed by atoms with E-state index in [0.29, 0.717) is 6.54 Å². The highest BCUT2D eigenvalue weighted by atomic mass is 32.2. The summed E-state index contributed by atoms with van der Waals surface area (Å²) in [4.78, 5) is 26.9. The maximum atomic E-state index is 12.8. The van der Waals surface area contributed by atoms with Gasteiger partial charge in [0.1, 0.15) is 12.1 Å². The van der Waals surface area contributed by atoms with Crippen molar-refractivity contribution in [3.05, 3.63) is 0 Å². The summed E-state index contributed by atoms with van der Waals surface area (Å²) in [6.07, 6.45) is 7.81. The van der Waals surface area contributed by atoms with Gasteiger partial charge in [0.2, 0.25) is 11.8 Å². The Morgan fingerprint density at radius 3 is 2.52 bits per heavy atom. The molecule has 120 valence electrons. The van der Waals surface area contributed by atoms with E-state index in [2.05, 4.69) is 18.5 Å². The lowest BCUT2D eigenvalue weighted by Gasteiger charge is -2.43. The van der Waals surface area contributed by atoms with Gasteiger partial charge in [-0.1, -0.05) is 33.1 Å². The standard InChI is InChI=1S/C16H28N2O2S/c1-5-11(2)13-15(20)18(12(3)14(19)17-13)10-16(21-4)8-6-7-9-16/h11-13H,5-10H2,1-4H3,(H,17,19). The maximum Gasteiger partial charge on any atom is 0.246 e. The summed E-state index contributed by atoms with van der Waals surface area (Å²) in [5.74, 6) is 0.288. The first-order valence-electron chi connectivity index (χ1n) is 8.10. The predicted molar refractivity (Wildman–Crippen MR) is 87.3 cm³/mol. The van der Waals surface area contributed by atoms with Gasteiger partial charge in [-0.25, -0.2) is 0 Å². The van der Waals surface area contributed by atoms with Gasteiger partial charge in [-0.15, -0.1) is 0 Å². The number of carbonyl (C=O) groups excluding carboxylic acids is 2. The van der Waals surface area contributed by atoms with Gasteiger partial charge in [0, 0.05) is 11.3 Å². The largest absolute Gasteiger partial charge is 0.342 e. The third-order valence-corrected chi connectivity index (χ3v) is 6.72. The van der Waals surface area contributed by atoms with Crippen LogP contribution in [0.3, 0.4) is 0 Å². The number of carbonyl (C=O) groups is 2. The number of hydrogen-bond acceptors (Lipinski definition) is 3. The summed E-state index contributed by atoms with van der Waals surface area (Å²) >= 11 is 1.87. The molecule has 0 spiro atoms. The minimum atomic E-state index is -0.348. The molecule has 1 aliphatic carbocycles. The van der Waals surface area contributed by atoms with E-state index >= 15 is 0 Å². The highest BCUT2D eigenvalue weighted by molar-refractivity contribution is 8.00. The van der Waals surface area contributed by atoms with Crippen LogP contribution in [0.5, 0.6) is 0 Å². The van der Waals surface area contributed by atoms with E-state index in [9.17, 15) is 9.59 Å². The van der Waals surface area contributed by atoms with E-state index in [-0.39, 0.29) is 34.6 Å². The fraction of sp³-hybridized carbons (Fsp3) is 0.875. The Balaban J connectivity index is 2.18. The molecule has 1 N–H and O–H groups in total. The van der Waals surface area contributed by atoms with Crippen LogP contribution in [0.2, 0.25) is 0 Å². The van der Waals surface area contributed by atoms with Gasteiger partial charge in [-0.2, -0.15) is 11.8 Å². The van der Waals surface area contributed by atoms with Crippen LogP contribution in [0.4, 0.5) is 0 Å². The molecular formula is C16H28N2O2S. The Kier molecular flexibility index (Phi) is 5.23. The number of hydrogen-bond donors (Lipinski definition) is 1. The molecule has 1 heterocycles. The quantitative estimate of drug-likeness (QED) is 0.848. The molecule has 0 aromatic carbocycles. The topological polar surface area (TPSA) is 49.4 Å². The van der Waals surface area contributed by atoms with Crippen LogP contribution >= 0.6 is 11.8 Å². The predicted octanol–water partition coefficient (Wildman–Crippen LogP) is 2.42. The van der Waals surface area contributed by atoms with Crippen LogP contribution in [-0.4, -0.2) is 46.3 Å². The van der Waals surface area contributed by atoms with Crippen molar-refractivity contribution < 1.29 is 9.59 Å². The van der Waals surface area contributed by atoms with E-state index in [1.807, 2.05) is 30.5 Å². The Morgan fingerprint density at radius 2 is 2.00 bits per heavy atom. The fourth-order valence-corrected chi connectivity index (χ4v) is 4.40. The van der Waals surface area contributed by atoms with Gasteiger partial charge in [-0.3, -0.25) is 9.59 Å². The zero-order chi connectivity index (χ0) is 15.6. The Bertz CT molecular complexity index is 407. The van der Waals surface area contributed by atoms with Gasteiger partial charge < -0.3 is 10.2 Å². The lowest BCUT2D eigenvalue weighted by molar-refractivity contribution is -0.150. The molecular weight excluding hydrogens is 284 g/mol. The van der Waals surface area contributed by atoms with Crippen LogP contribution < -0.4 is 5.32 Å². The number of nitrogens with one attached hydrogen (secondary N) is 1. The number of nitrogens with zero attached hydrogens (tertiary/aromatic N) is 1. The summed E-state index contributed by atoms with van der Waals surface area (Å²) < 4.78 is 0.154. The second-order valence-corrected chi connectivity index (χ2v) is 7.88. The first-order valence-corrected chi connectivity index (χ1v) is 9.32. The first kappa shape index (κ1) is 16.7. The number of thioether (sulfide) groups is 1. The molecule has 1 saturated heterocycles. The third-order valence-electron chi connectivity index (χ3n) is 5.31. The van der Waals surface area contributed by atoms with Crippen molar-refractivity contribution in [2.45, 2.75) is 69.7 Å². The lowest BCUT2D eigenvalue weighted by Crippen LogP contribution is -2.65. The van der Waals surface area contributed by atoms with E-state index in [0.717, 1.165) is 19.3 Å². The Labute approximate surface area is 132 Å². The van der Waals surface area contributed by atoms with Crippen LogP contribution in [0.15, 0.2) is 0 Å². The number of piperazine rings is 1. The smallest absolute Gasteiger partial charge is 0.246 e. The Morgan fingerprint density at radius 1 is 1.38 bits per heavy atom. The second kappa shape index (κ2) is 6.59. The molecule has 5 heteroatoms. The average molecular weight is 312 g/mol. The van der Waals surface area contributed by atoms with Crippen molar-refractivity contribution in [2.24, 2.45) is 5.92 Å². The minimum Gasteiger partial charge on any atom is -0.342 e. The summed E-state index contributed by atoms with van der Waals surface area (Å²) in [5.41, 5.74) is 0. The molecule has 0 radical (unpaired) electrons. The molecule has 4 nitrogen and oxygen atoms in total. The molecule has 2 rings (SSSR count). The maximum absolute atomic E-state index is 12.8. The van der Waals surface area contributed by atoms with Gasteiger partial charge in [0.15, 0.2) is 0 Å². The molecule has 21 heavy (non-hydrogen) atoms. The van der Waals surface area contributed by atoms with Crippen LogP contribution in [0.25, 0.3) is 0 Å². The first-order chi connectivity index (χ1) is 9.94. The molecule has 3 atom stereocenters. The molecule has 0 bridgehead atoms. The van der Waals surface area contributed by atoms with Crippen molar-refractivity contribution in [1.29, 1.82) is 0 Å². The van der Waals surface area contributed by atoms with Crippen LogP contribution in [0, 0.1) is 5.92 Å². The molecule has 2 amide bonds. The van der Waals surface area contributed by atoms with Gasteiger partial charge in [0.25, 0.3) is 0 Å². The number of amides is 2. The lowest BCUT2D eigenvalue weighted by atomic mass is 9.93. The highest BCUT2D eigenvalue weighted by Crippen LogP contribution is 2.41. The van der Waals surface area contributed by atoms with Crippen molar-refractivity contribution in [3.8, 4) is 0 Å². The van der Waals surface area contributed by atoms with Gasteiger partial charge in [0.05, 0.1) is 0 Å². The van der Waals surface area contributed by atoms with E-state index in [4.69, 9.17) is 0 Å². The second-order valence-electron chi connectivity index (χ2n) is 6.61. The molecule has 1 saturated carbocycles. The van der Waals surface area contributed by atoms with Crippen molar-refractivity contribution in [1.82, 2.24) is 10.2 Å². The van der Waals surface area contributed by atoms with E-state index in [1.54, 1.807) is 0 Å². The molecule has 3 unspecified atom stereocenters. The van der Waals surface area contributed by atoms with E-state index < -0.39 is 0 Å². The summed E-state index contributed by atoms with van der Waals surface area (Å²) in [5, 5.41) is 2.92. The monoisotopic (exact) mass is 312 g/mol. The van der Waals surface area contributed by atoms with Crippen molar-refractivity contribution >= 4 is 23.6 Å². The molecule has 2 aliphatic rings. The molecule has 1 aliphatic heterocycles. The highest BCUT2D eigenvalue weighted by Gasteiger charge is 2.44. The van der Waals surface area contributed by atoms with Gasteiger partial charge in [-0.05, 0) is 31.9 Å². The molecule has 0 aromatic rings. The van der Waals surface area contributed by atoms with Crippen molar-refractivity contribution in [3.63, 3.8) is 0 Å². The molecule has 0 aromatic heterocycles. The Hall–Kier alpha value is -0.710. The zero-order valence-electron chi connectivity index (χ0n) is 13.6. The van der Waals surface area contributed by atoms with Crippen LogP contribution in [0.1, 0.15) is 52.9 Å². The summed E-state index contributed by atoms with van der Waals surface area (Å²) in [6, 6.07) is -0.693. The summed E-state index contributed by atoms with van der Waals surface area (Å²) in [6.45, 7) is 6.67. The average Bonchev–Trinajstić information content (AvgIpc) is 2.96. The van der Waals surface area contributed by atoms with Gasteiger partial charge >= 0.3 is 0 Å². The van der Waals surface area contributed by atoms with Crippen molar-refractivity contribution in [2.75, 3.05) is 12.8 Å². The summed E-state index contributed by atoms with van der Waals surface area (Å²) in [7, 11) is 0. The normalized spacial score (nSPS) is 30.4. The van der Waals surface area contributed by atoms with E-state index in [1.165, 1.54) is 12.8 Å². The third kappa shape index (κ3) is 3.22.